The fourth-order valence-electron chi connectivity index (χ4n) is 2.86. The first-order valence-corrected chi connectivity index (χ1v) is 9.18. The van der Waals surface area contributed by atoms with Crippen molar-refractivity contribution in [2.45, 2.75) is 39.2 Å². The smallest absolute Gasteiger partial charge is 0.338 e. The maximum Gasteiger partial charge on any atom is 0.338 e. The van der Waals surface area contributed by atoms with Gasteiger partial charge in [0.2, 0.25) is 0 Å². The zero-order valence-electron chi connectivity index (χ0n) is 16.0. The number of amides is 2. The second-order valence-corrected chi connectivity index (χ2v) is 6.74. The van der Waals surface area contributed by atoms with Crippen LogP contribution < -0.4 is 10.1 Å². The third kappa shape index (κ3) is 4.47. The lowest BCUT2D eigenvalue weighted by molar-refractivity contribution is -0.139. The number of carbonyl (C=O) groups is 2. The fourth-order valence-corrected chi connectivity index (χ4v) is 3.08. The quantitative estimate of drug-likeness (QED) is 0.541. The number of phenolic OH excluding ortho intramolecular Hbond substituents is 1. The Kier molecular flexibility index (Phi) is 6.96. The van der Waals surface area contributed by atoms with Crippen LogP contribution in [0.4, 0.5) is 4.79 Å². The van der Waals surface area contributed by atoms with Crippen LogP contribution in [0.1, 0.15) is 44.7 Å². The van der Waals surface area contributed by atoms with Gasteiger partial charge in [0.15, 0.2) is 11.5 Å². The summed E-state index contributed by atoms with van der Waals surface area (Å²) in [5.41, 5.74) is 1.32. The van der Waals surface area contributed by atoms with Gasteiger partial charge in [-0.25, -0.2) is 9.59 Å². The lowest BCUT2D eigenvalue weighted by atomic mass is 9.94. The molecule has 0 saturated heterocycles. The van der Waals surface area contributed by atoms with E-state index < -0.39 is 12.0 Å². The van der Waals surface area contributed by atoms with Crippen molar-refractivity contribution in [3.63, 3.8) is 0 Å². The van der Waals surface area contributed by atoms with Crippen molar-refractivity contribution in [2.24, 2.45) is 0 Å². The van der Waals surface area contributed by atoms with Gasteiger partial charge in [-0.05, 0) is 31.0 Å². The van der Waals surface area contributed by atoms with Crippen LogP contribution in [0.15, 0.2) is 23.4 Å². The number of unbranched alkanes of at least 4 members (excludes halogenated alkanes) is 2. The molecule has 1 atom stereocenters. The first-order valence-electron chi connectivity index (χ1n) is 8.80. The summed E-state index contributed by atoms with van der Waals surface area (Å²) >= 11 is 6.08. The van der Waals surface area contributed by atoms with Gasteiger partial charge in [-0.1, -0.05) is 31.4 Å². The molecular weight excluding hydrogens is 372 g/mol. The number of hydrogen-bond donors (Lipinski definition) is 2. The standard InChI is InChI=1S/C19H25ClN2O5/c1-5-6-7-8-27-18(24)15-11(2)22(3)19(25)21-16(15)12-9-13(20)17(23)14(10-12)26-4/h9-10,16,23H,5-8H2,1-4H3,(H,21,25). The summed E-state index contributed by atoms with van der Waals surface area (Å²) in [6, 6.07) is 1.91. The Hall–Kier alpha value is -2.41. The number of allylic oxidation sites excluding steroid dienone is 1. The fraction of sp³-hybridized carbons (Fsp3) is 0.474. The van der Waals surface area contributed by atoms with Crippen LogP contribution in [-0.2, 0) is 9.53 Å². The molecule has 0 aromatic heterocycles. The van der Waals surface area contributed by atoms with E-state index in [1.165, 1.54) is 24.1 Å². The number of halogens is 1. The number of hydrogen-bond acceptors (Lipinski definition) is 5. The van der Waals surface area contributed by atoms with Gasteiger partial charge in [0, 0.05) is 12.7 Å². The van der Waals surface area contributed by atoms with Crippen LogP contribution in [0.25, 0.3) is 0 Å². The highest BCUT2D eigenvalue weighted by atomic mass is 35.5. The molecule has 8 heteroatoms. The lowest BCUT2D eigenvalue weighted by Crippen LogP contribution is -2.46. The predicted molar refractivity (Wildman–Crippen MR) is 102 cm³/mol. The van der Waals surface area contributed by atoms with Gasteiger partial charge in [-0.2, -0.15) is 0 Å². The average molecular weight is 397 g/mol. The molecule has 1 heterocycles. The summed E-state index contributed by atoms with van der Waals surface area (Å²) in [5, 5.41) is 12.8. The van der Waals surface area contributed by atoms with E-state index in [4.69, 9.17) is 21.1 Å². The number of rotatable bonds is 7. The topological polar surface area (TPSA) is 88.1 Å². The second kappa shape index (κ2) is 8.99. The van der Waals surface area contributed by atoms with E-state index in [1.807, 2.05) is 0 Å². The molecular formula is C19H25ClN2O5. The highest BCUT2D eigenvalue weighted by Gasteiger charge is 2.35. The molecule has 0 fully saturated rings. The summed E-state index contributed by atoms with van der Waals surface area (Å²) in [7, 11) is 2.97. The van der Waals surface area contributed by atoms with Crippen molar-refractivity contribution >= 4 is 23.6 Å². The van der Waals surface area contributed by atoms with Gasteiger partial charge in [0.25, 0.3) is 0 Å². The molecule has 0 radical (unpaired) electrons. The van der Waals surface area contributed by atoms with Crippen molar-refractivity contribution in [3.8, 4) is 11.5 Å². The summed E-state index contributed by atoms with van der Waals surface area (Å²) in [6.07, 6.45) is 2.77. The van der Waals surface area contributed by atoms with Gasteiger partial charge >= 0.3 is 12.0 Å². The van der Waals surface area contributed by atoms with Crippen molar-refractivity contribution in [1.29, 1.82) is 0 Å². The van der Waals surface area contributed by atoms with Crippen molar-refractivity contribution in [1.82, 2.24) is 10.2 Å². The maximum atomic E-state index is 12.7. The first kappa shape index (κ1) is 20.9. The summed E-state index contributed by atoms with van der Waals surface area (Å²) in [5.74, 6) is -0.547. The molecule has 2 rings (SSSR count). The second-order valence-electron chi connectivity index (χ2n) is 6.34. The minimum Gasteiger partial charge on any atom is -0.503 e. The van der Waals surface area contributed by atoms with E-state index in [-0.39, 0.29) is 22.6 Å². The third-order valence-corrected chi connectivity index (χ3v) is 4.85. The SMILES string of the molecule is CCCCCOC(=O)C1=C(C)N(C)C(=O)NC1c1cc(Cl)c(O)c(OC)c1. The Morgan fingerprint density at radius 1 is 1.37 bits per heavy atom. The summed E-state index contributed by atoms with van der Waals surface area (Å²) in [6.45, 7) is 4.07. The third-order valence-electron chi connectivity index (χ3n) is 4.56. The Morgan fingerprint density at radius 3 is 2.70 bits per heavy atom. The molecule has 148 valence electrons. The summed E-state index contributed by atoms with van der Waals surface area (Å²) < 4.78 is 10.5. The van der Waals surface area contributed by atoms with E-state index in [1.54, 1.807) is 14.0 Å². The van der Waals surface area contributed by atoms with Crippen molar-refractivity contribution < 1.29 is 24.2 Å². The number of methoxy groups -OCH3 is 1. The largest absolute Gasteiger partial charge is 0.503 e. The van der Waals surface area contributed by atoms with Crippen LogP contribution >= 0.6 is 11.6 Å². The Bertz CT molecular complexity index is 763. The lowest BCUT2D eigenvalue weighted by Gasteiger charge is -2.33. The zero-order valence-corrected chi connectivity index (χ0v) is 16.7. The number of urea groups is 1. The number of esters is 1. The molecule has 2 amide bonds. The van der Waals surface area contributed by atoms with E-state index >= 15 is 0 Å². The van der Waals surface area contributed by atoms with Crippen LogP contribution in [0, 0.1) is 0 Å². The molecule has 0 aliphatic carbocycles. The number of phenols is 1. The molecule has 2 N–H and O–H groups in total. The first-order chi connectivity index (χ1) is 12.8. The normalized spacial score (nSPS) is 17.0. The highest BCUT2D eigenvalue weighted by Crippen LogP contribution is 2.39. The molecule has 1 unspecified atom stereocenters. The number of carbonyl (C=O) groups excluding carboxylic acids is 2. The predicted octanol–water partition coefficient (Wildman–Crippen LogP) is 3.76. The molecule has 0 saturated carbocycles. The van der Waals surface area contributed by atoms with Gasteiger partial charge < -0.3 is 24.8 Å². The van der Waals surface area contributed by atoms with E-state index in [2.05, 4.69) is 12.2 Å². The minimum atomic E-state index is -0.764. The van der Waals surface area contributed by atoms with Crippen molar-refractivity contribution in [2.75, 3.05) is 20.8 Å². The molecule has 7 nitrogen and oxygen atoms in total. The molecule has 1 aliphatic rings. The van der Waals surface area contributed by atoms with Crippen LogP contribution in [0.3, 0.4) is 0 Å². The van der Waals surface area contributed by atoms with E-state index in [0.717, 1.165) is 19.3 Å². The average Bonchev–Trinajstić information content (AvgIpc) is 2.64. The Morgan fingerprint density at radius 2 is 2.07 bits per heavy atom. The molecule has 27 heavy (non-hydrogen) atoms. The van der Waals surface area contributed by atoms with E-state index in [0.29, 0.717) is 23.4 Å². The van der Waals surface area contributed by atoms with Crippen LogP contribution in [-0.4, -0.2) is 42.8 Å². The summed E-state index contributed by atoms with van der Waals surface area (Å²) in [4.78, 5) is 26.4. The van der Waals surface area contributed by atoms with Crippen molar-refractivity contribution in [3.05, 3.63) is 34.0 Å². The van der Waals surface area contributed by atoms with Gasteiger partial charge in [-0.15, -0.1) is 0 Å². The molecule has 1 aliphatic heterocycles. The van der Waals surface area contributed by atoms with Gasteiger partial charge in [0.05, 0.1) is 30.4 Å². The highest BCUT2D eigenvalue weighted by molar-refractivity contribution is 6.32. The number of nitrogens with one attached hydrogen (secondary N) is 1. The van der Waals surface area contributed by atoms with Crippen LogP contribution in [0.2, 0.25) is 5.02 Å². The number of benzene rings is 1. The van der Waals surface area contributed by atoms with Gasteiger partial charge in [0.1, 0.15) is 0 Å². The maximum absolute atomic E-state index is 12.7. The van der Waals surface area contributed by atoms with Crippen LogP contribution in [0.5, 0.6) is 11.5 Å². The monoisotopic (exact) mass is 396 g/mol. The number of ether oxygens (including phenoxy) is 2. The molecule has 1 aromatic rings. The minimum absolute atomic E-state index is 0.0610. The van der Waals surface area contributed by atoms with Gasteiger partial charge in [-0.3, -0.25) is 0 Å². The molecule has 1 aromatic carbocycles. The van der Waals surface area contributed by atoms with E-state index in [9.17, 15) is 14.7 Å². The number of nitrogens with zero attached hydrogens (tertiary/aromatic N) is 1. The zero-order chi connectivity index (χ0) is 20.1. The Labute approximate surface area is 163 Å². The number of aromatic hydroxyl groups is 1. The molecule has 0 spiro atoms. The Balaban J connectivity index is 2.42. The molecule has 0 bridgehead atoms.